The van der Waals surface area contributed by atoms with E-state index in [0.717, 1.165) is 28.3 Å². The van der Waals surface area contributed by atoms with Crippen LogP contribution in [0.3, 0.4) is 0 Å². The number of rotatable bonds is 4. The maximum atomic E-state index is 5.93. The standard InChI is InChI=1S/C21H14ClNO2/c22-17-11-9-15(10-12-17)20-14-21(25-23-20)16-5-4-8-19(13-16)24-18-6-2-1-3-7-18/h1-14H. The minimum Gasteiger partial charge on any atom is -0.457 e. The van der Waals surface area contributed by atoms with E-state index >= 15 is 0 Å². The molecule has 25 heavy (non-hydrogen) atoms. The first kappa shape index (κ1) is 15.5. The lowest BCUT2D eigenvalue weighted by molar-refractivity contribution is 0.434. The van der Waals surface area contributed by atoms with Crippen LogP contribution < -0.4 is 4.74 Å². The highest BCUT2D eigenvalue weighted by molar-refractivity contribution is 6.30. The molecule has 0 aliphatic heterocycles. The quantitative estimate of drug-likeness (QED) is 0.425. The van der Waals surface area contributed by atoms with E-state index in [1.165, 1.54) is 0 Å². The van der Waals surface area contributed by atoms with Crippen molar-refractivity contribution in [3.63, 3.8) is 0 Å². The van der Waals surface area contributed by atoms with Gasteiger partial charge < -0.3 is 9.26 Å². The molecule has 0 saturated carbocycles. The Hall–Kier alpha value is -3.04. The first-order valence-electron chi connectivity index (χ1n) is 7.84. The second kappa shape index (κ2) is 6.83. The average Bonchev–Trinajstić information content (AvgIpc) is 3.14. The van der Waals surface area contributed by atoms with Gasteiger partial charge in [0.15, 0.2) is 5.76 Å². The third-order valence-corrected chi connectivity index (χ3v) is 4.00. The summed E-state index contributed by atoms with van der Waals surface area (Å²) in [6.07, 6.45) is 0. The Balaban J connectivity index is 1.60. The monoisotopic (exact) mass is 347 g/mol. The minimum atomic E-state index is 0.684. The number of hydrogen-bond acceptors (Lipinski definition) is 3. The molecular formula is C21H14ClNO2. The summed E-state index contributed by atoms with van der Waals surface area (Å²) in [5, 5.41) is 4.84. The Bertz CT molecular complexity index is 978. The van der Waals surface area contributed by atoms with Crippen LogP contribution in [0, 0.1) is 0 Å². The molecule has 0 fully saturated rings. The highest BCUT2D eigenvalue weighted by Crippen LogP contribution is 2.30. The predicted molar refractivity (Wildman–Crippen MR) is 98.9 cm³/mol. The molecule has 0 unspecified atom stereocenters. The molecule has 0 saturated heterocycles. The lowest BCUT2D eigenvalue weighted by Crippen LogP contribution is -1.84. The van der Waals surface area contributed by atoms with Crippen molar-refractivity contribution in [1.82, 2.24) is 5.16 Å². The molecule has 1 aromatic heterocycles. The van der Waals surface area contributed by atoms with Gasteiger partial charge in [-0.05, 0) is 36.4 Å². The third kappa shape index (κ3) is 3.57. The predicted octanol–water partition coefficient (Wildman–Crippen LogP) is 6.45. The molecule has 0 N–H and O–H groups in total. The van der Waals surface area contributed by atoms with Crippen LogP contribution in [0.25, 0.3) is 22.6 Å². The topological polar surface area (TPSA) is 35.3 Å². The molecule has 4 aromatic rings. The van der Waals surface area contributed by atoms with Crippen molar-refractivity contribution in [2.45, 2.75) is 0 Å². The Morgan fingerprint density at radius 2 is 1.48 bits per heavy atom. The number of benzene rings is 3. The van der Waals surface area contributed by atoms with Gasteiger partial charge >= 0.3 is 0 Å². The SMILES string of the molecule is Clc1ccc(-c2cc(-c3cccc(Oc4ccccc4)c3)on2)cc1. The lowest BCUT2D eigenvalue weighted by Gasteiger charge is -2.06. The van der Waals surface area contributed by atoms with Crippen LogP contribution in [0.2, 0.25) is 5.02 Å². The summed E-state index contributed by atoms with van der Waals surface area (Å²) in [7, 11) is 0. The molecule has 0 atom stereocenters. The molecule has 0 bridgehead atoms. The molecule has 0 spiro atoms. The Labute approximate surface area is 150 Å². The number of hydrogen-bond donors (Lipinski definition) is 0. The normalized spacial score (nSPS) is 10.6. The first-order chi connectivity index (χ1) is 12.3. The highest BCUT2D eigenvalue weighted by Gasteiger charge is 2.10. The van der Waals surface area contributed by atoms with Crippen LogP contribution >= 0.6 is 11.6 Å². The van der Waals surface area contributed by atoms with Crippen LogP contribution in [0.4, 0.5) is 0 Å². The second-order valence-electron chi connectivity index (χ2n) is 5.53. The summed E-state index contributed by atoms with van der Waals surface area (Å²) in [6, 6.07) is 26.8. The van der Waals surface area contributed by atoms with E-state index in [1.807, 2.05) is 84.9 Å². The molecule has 1 heterocycles. The summed E-state index contributed by atoms with van der Waals surface area (Å²) in [5.74, 6) is 2.22. The van der Waals surface area contributed by atoms with E-state index in [-0.39, 0.29) is 0 Å². The van der Waals surface area contributed by atoms with Crippen molar-refractivity contribution in [2.24, 2.45) is 0 Å². The summed E-state index contributed by atoms with van der Waals surface area (Å²) < 4.78 is 11.4. The van der Waals surface area contributed by atoms with Gasteiger partial charge in [0.25, 0.3) is 0 Å². The molecule has 3 aromatic carbocycles. The van der Waals surface area contributed by atoms with Crippen molar-refractivity contribution < 1.29 is 9.26 Å². The van der Waals surface area contributed by atoms with E-state index in [1.54, 1.807) is 0 Å². The Morgan fingerprint density at radius 1 is 0.720 bits per heavy atom. The number of halogens is 1. The molecule has 122 valence electrons. The molecule has 0 aliphatic carbocycles. The first-order valence-corrected chi connectivity index (χ1v) is 8.22. The van der Waals surface area contributed by atoms with Crippen LogP contribution in [0.1, 0.15) is 0 Å². The minimum absolute atomic E-state index is 0.684. The van der Waals surface area contributed by atoms with Crippen molar-refractivity contribution in [3.8, 4) is 34.1 Å². The number of para-hydroxylation sites is 1. The van der Waals surface area contributed by atoms with E-state index in [0.29, 0.717) is 10.8 Å². The van der Waals surface area contributed by atoms with Gasteiger partial charge in [-0.1, -0.05) is 59.2 Å². The van der Waals surface area contributed by atoms with E-state index < -0.39 is 0 Å². The largest absolute Gasteiger partial charge is 0.457 e. The zero-order chi connectivity index (χ0) is 17.1. The summed E-state index contributed by atoms with van der Waals surface area (Å²) in [6.45, 7) is 0. The van der Waals surface area contributed by atoms with E-state index in [9.17, 15) is 0 Å². The summed E-state index contributed by atoms with van der Waals surface area (Å²) in [4.78, 5) is 0. The van der Waals surface area contributed by atoms with Crippen molar-refractivity contribution in [3.05, 3.63) is 90.0 Å². The summed E-state index contributed by atoms with van der Waals surface area (Å²) >= 11 is 5.93. The van der Waals surface area contributed by atoms with Gasteiger partial charge in [-0.25, -0.2) is 0 Å². The zero-order valence-corrected chi connectivity index (χ0v) is 14.0. The fraction of sp³-hybridized carbons (Fsp3) is 0. The van der Waals surface area contributed by atoms with Gasteiger partial charge in [-0.2, -0.15) is 0 Å². The van der Waals surface area contributed by atoms with Crippen LogP contribution in [-0.2, 0) is 0 Å². The van der Waals surface area contributed by atoms with E-state index in [4.69, 9.17) is 20.9 Å². The van der Waals surface area contributed by atoms with Crippen molar-refractivity contribution in [2.75, 3.05) is 0 Å². The molecule has 0 aliphatic rings. The van der Waals surface area contributed by atoms with Gasteiger partial charge in [0.1, 0.15) is 17.2 Å². The van der Waals surface area contributed by atoms with Gasteiger partial charge in [-0.3, -0.25) is 0 Å². The third-order valence-electron chi connectivity index (χ3n) is 3.75. The molecule has 0 radical (unpaired) electrons. The zero-order valence-electron chi connectivity index (χ0n) is 13.2. The van der Waals surface area contributed by atoms with Gasteiger partial charge in [-0.15, -0.1) is 0 Å². The highest BCUT2D eigenvalue weighted by atomic mass is 35.5. The van der Waals surface area contributed by atoms with Gasteiger partial charge in [0.05, 0.1) is 0 Å². The molecule has 4 rings (SSSR count). The van der Waals surface area contributed by atoms with Crippen LogP contribution in [-0.4, -0.2) is 5.16 Å². The maximum absolute atomic E-state index is 5.93. The summed E-state index contributed by atoms with van der Waals surface area (Å²) in [5.41, 5.74) is 2.62. The molecule has 4 heteroatoms. The van der Waals surface area contributed by atoms with Crippen molar-refractivity contribution in [1.29, 1.82) is 0 Å². The molecule has 0 amide bonds. The van der Waals surface area contributed by atoms with Crippen molar-refractivity contribution >= 4 is 11.6 Å². The fourth-order valence-electron chi connectivity index (χ4n) is 2.51. The fourth-order valence-corrected chi connectivity index (χ4v) is 2.63. The lowest BCUT2D eigenvalue weighted by atomic mass is 10.1. The average molecular weight is 348 g/mol. The van der Waals surface area contributed by atoms with Crippen LogP contribution in [0.5, 0.6) is 11.5 Å². The molecular weight excluding hydrogens is 334 g/mol. The van der Waals surface area contributed by atoms with Gasteiger partial charge in [0.2, 0.25) is 0 Å². The smallest absolute Gasteiger partial charge is 0.167 e. The number of aromatic nitrogens is 1. The Kier molecular flexibility index (Phi) is 4.23. The maximum Gasteiger partial charge on any atom is 0.167 e. The van der Waals surface area contributed by atoms with Crippen LogP contribution in [0.15, 0.2) is 89.5 Å². The number of nitrogens with zero attached hydrogens (tertiary/aromatic N) is 1. The second-order valence-corrected chi connectivity index (χ2v) is 5.96. The van der Waals surface area contributed by atoms with Gasteiger partial charge in [0, 0.05) is 22.2 Å². The number of ether oxygens (including phenoxy) is 1. The Morgan fingerprint density at radius 3 is 2.28 bits per heavy atom. The molecule has 3 nitrogen and oxygen atoms in total. The van der Waals surface area contributed by atoms with E-state index in [2.05, 4.69) is 5.16 Å².